The molecule has 2 N–H and O–H groups in total. The normalized spacial score (nSPS) is 18.0. The Kier molecular flexibility index (Phi) is 3.31. The van der Waals surface area contributed by atoms with Gasteiger partial charge in [-0.25, -0.2) is 0 Å². The predicted molar refractivity (Wildman–Crippen MR) is 69.1 cm³/mol. The summed E-state index contributed by atoms with van der Waals surface area (Å²) in [4.78, 5) is 6.67. The molecule has 1 saturated heterocycles. The average Bonchev–Trinajstić information content (AvgIpc) is 3.07. The average molecular weight is 262 g/mol. The first-order chi connectivity index (χ1) is 9.22. The van der Waals surface area contributed by atoms with E-state index in [1.807, 2.05) is 19.3 Å². The number of rotatable bonds is 4. The number of likely N-dealkylation sites (tertiary alicyclic amines) is 1. The summed E-state index contributed by atoms with van der Waals surface area (Å²) in [5, 5.41) is 8.18. The van der Waals surface area contributed by atoms with Crippen molar-refractivity contribution in [3.8, 4) is 11.6 Å². The van der Waals surface area contributed by atoms with Crippen molar-refractivity contribution in [2.45, 2.75) is 18.9 Å². The Balaban J connectivity index is 1.69. The molecular weight excluding hydrogens is 244 g/mol. The standard InChI is InChI=1S/C12H18N6O/c1-17-7-4-10(15-17)12-14-11(16-19-12)9(13)8-18-5-2-3-6-18/h4,7,9H,2-3,5-6,8,13H2,1H3. The third kappa shape index (κ3) is 2.66. The van der Waals surface area contributed by atoms with E-state index in [1.54, 1.807) is 4.68 Å². The molecule has 3 heterocycles. The first-order valence-electron chi connectivity index (χ1n) is 6.54. The number of aryl methyl sites for hydroxylation is 1. The lowest BCUT2D eigenvalue weighted by atomic mass is 10.3. The lowest BCUT2D eigenvalue weighted by Crippen LogP contribution is -2.30. The molecule has 1 unspecified atom stereocenters. The van der Waals surface area contributed by atoms with Crippen LogP contribution in [0.25, 0.3) is 11.6 Å². The Hall–Kier alpha value is -1.73. The van der Waals surface area contributed by atoms with Crippen molar-refractivity contribution in [3.63, 3.8) is 0 Å². The topological polar surface area (TPSA) is 86.0 Å². The van der Waals surface area contributed by atoms with E-state index in [4.69, 9.17) is 10.3 Å². The van der Waals surface area contributed by atoms with Gasteiger partial charge < -0.3 is 15.2 Å². The minimum Gasteiger partial charge on any atom is -0.332 e. The van der Waals surface area contributed by atoms with E-state index < -0.39 is 0 Å². The molecule has 19 heavy (non-hydrogen) atoms. The maximum atomic E-state index is 6.12. The summed E-state index contributed by atoms with van der Waals surface area (Å²) in [5.41, 5.74) is 6.79. The van der Waals surface area contributed by atoms with E-state index in [9.17, 15) is 0 Å². The van der Waals surface area contributed by atoms with Gasteiger partial charge in [0, 0.05) is 19.8 Å². The zero-order valence-electron chi connectivity index (χ0n) is 11.0. The third-order valence-electron chi connectivity index (χ3n) is 3.36. The first kappa shape index (κ1) is 12.3. The number of nitrogens with two attached hydrogens (primary N) is 1. The summed E-state index contributed by atoms with van der Waals surface area (Å²) < 4.78 is 6.91. The van der Waals surface area contributed by atoms with Crippen molar-refractivity contribution in [3.05, 3.63) is 18.1 Å². The van der Waals surface area contributed by atoms with E-state index >= 15 is 0 Å². The summed E-state index contributed by atoms with van der Waals surface area (Å²) in [6.07, 6.45) is 4.33. The van der Waals surface area contributed by atoms with E-state index in [-0.39, 0.29) is 6.04 Å². The zero-order valence-corrected chi connectivity index (χ0v) is 11.0. The van der Waals surface area contributed by atoms with Gasteiger partial charge in [0.25, 0.3) is 5.89 Å². The number of nitrogens with zero attached hydrogens (tertiary/aromatic N) is 5. The van der Waals surface area contributed by atoms with Crippen LogP contribution in [0.3, 0.4) is 0 Å². The van der Waals surface area contributed by atoms with Crippen LogP contribution in [0, 0.1) is 0 Å². The molecule has 0 radical (unpaired) electrons. The molecule has 2 aromatic rings. The molecule has 1 fully saturated rings. The second kappa shape index (κ2) is 5.10. The fourth-order valence-corrected chi connectivity index (χ4v) is 2.34. The molecule has 0 bridgehead atoms. The van der Waals surface area contributed by atoms with Crippen LogP contribution in [0.5, 0.6) is 0 Å². The van der Waals surface area contributed by atoms with E-state index in [2.05, 4.69) is 20.1 Å². The Morgan fingerprint density at radius 3 is 2.89 bits per heavy atom. The Labute approximate surface area is 111 Å². The minimum absolute atomic E-state index is 0.209. The maximum absolute atomic E-state index is 6.12. The molecule has 0 saturated carbocycles. The predicted octanol–water partition coefficient (Wildman–Crippen LogP) is 0.566. The summed E-state index contributed by atoms with van der Waals surface area (Å²) in [7, 11) is 1.85. The molecular formula is C12H18N6O. The van der Waals surface area contributed by atoms with Crippen LogP contribution in [0.1, 0.15) is 24.7 Å². The van der Waals surface area contributed by atoms with Gasteiger partial charge in [-0.15, -0.1) is 0 Å². The molecule has 0 amide bonds. The molecule has 7 heteroatoms. The van der Waals surface area contributed by atoms with Crippen molar-refractivity contribution in [2.24, 2.45) is 12.8 Å². The Bertz CT molecular complexity index is 542. The third-order valence-corrected chi connectivity index (χ3v) is 3.36. The van der Waals surface area contributed by atoms with Crippen molar-refractivity contribution in [1.82, 2.24) is 24.8 Å². The van der Waals surface area contributed by atoms with E-state index in [0.717, 1.165) is 19.6 Å². The highest BCUT2D eigenvalue weighted by Gasteiger charge is 2.21. The minimum atomic E-state index is -0.209. The van der Waals surface area contributed by atoms with Gasteiger partial charge in [-0.2, -0.15) is 10.1 Å². The van der Waals surface area contributed by atoms with Crippen LogP contribution < -0.4 is 5.73 Å². The first-order valence-corrected chi connectivity index (χ1v) is 6.54. The lowest BCUT2D eigenvalue weighted by Gasteiger charge is -2.17. The van der Waals surface area contributed by atoms with Gasteiger partial charge >= 0.3 is 0 Å². The van der Waals surface area contributed by atoms with Gasteiger partial charge in [0.05, 0.1) is 6.04 Å². The smallest absolute Gasteiger partial charge is 0.278 e. The Morgan fingerprint density at radius 1 is 1.42 bits per heavy atom. The summed E-state index contributed by atoms with van der Waals surface area (Å²) in [6, 6.07) is 1.63. The molecule has 0 aromatic carbocycles. The Morgan fingerprint density at radius 2 is 2.21 bits per heavy atom. The molecule has 1 aliphatic rings. The molecule has 2 aromatic heterocycles. The van der Waals surface area contributed by atoms with Crippen molar-refractivity contribution in [1.29, 1.82) is 0 Å². The highest BCUT2D eigenvalue weighted by molar-refractivity contribution is 5.44. The molecule has 102 valence electrons. The monoisotopic (exact) mass is 262 g/mol. The lowest BCUT2D eigenvalue weighted by molar-refractivity contribution is 0.306. The number of hydrogen-bond donors (Lipinski definition) is 1. The maximum Gasteiger partial charge on any atom is 0.278 e. The van der Waals surface area contributed by atoms with Gasteiger partial charge in [0.1, 0.15) is 0 Å². The molecule has 0 spiro atoms. The fourth-order valence-electron chi connectivity index (χ4n) is 2.34. The van der Waals surface area contributed by atoms with Crippen molar-refractivity contribution < 1.29 is 4.52 Å². The highest BCUT2D eigenvalue weighted by Crippen LogP contribution is 2.18. The second-order valence-corrected chi connectivity index (χ2v) is 4.95. The van der Waals surface area contributed by atoms with Crippen LogP contribution in [0.15, 0.2) is 16.8 Å². The van der Waals surface area contributed by atoms with Crippen LogP contribution in [0.4, 0.5) is 0 Å². The van der Waals surface area contributed by atoms with Gasteiger partial charge in [-0.1, -0.05) is 5.16 Å². The molecule has 3 rings (SSSR count). The quantitative estimate of drug-likeness (QED) is 0.866. The molecule has 1 aliphatic heterocycles. The largest absolute Gasteiger partial charge is 0.332 e. The highest BCUT2D eigenvalue weighted by atomic mass is 16.5. The summed E-state index contributed by atoms with van der Waals surface area (Å²) in [5.74, 6) is 0.972. The van der Waals surface area contributed by atoms with E-state index in [1.165, 1.54) is 12.8 Å². The van der Waals surface area contributed by atoms with Crippen LogP contribution in [0.2, 0.25) is 0 Å². The van der Waals surface area contributed by atoms with Crippen molar-refractivity contribution >= 4 is 0 Å². The fraction of sp³-hybridized carbons (Fsp3) is 0.583. The number of hydrogen-bond acceptors (Lipinski definition) is 6. The van der Waals surface area contributed by atoms with Gasteiger partial charge in [-0.3, -0.25) is 4.68 Å². The van der Waals surface area contributed by atoms with Gasteiger partial charge in [-0.05, 0) is 32.0 Å². The van der Waals surface area contributed by atoms with Crippen LogP contribution in [-0.2, 0) is 7.05 Å². The van der Waals surface area contributed by atoms with Gasteiger partial charge in [0.2, 0.25) is 0 Å². The molecule has 1 atom stereocenters. The zero-order chi connectivity index (χ0) is 13.2. The SMILES string of the molecule is Cn1ccc(-c2nc(C(N)CN3CCCC3)no2)n1. The second-order valence-electron chi connectivity index (χ2n) is 4.95. The number of aromatic nitrogens is 4. The van der Waals surface area contributed by atoms with Crippen LogP contribution in [-0.4, -0.2) is 44.5 Å². The summed E-state index contributed by atoms with van der Waals surface area (Å²) >= 11 is 0. The van der Waals surface area contributed by atoms with Gasteiger partial charge in [0.15, 0.2) is 11.5 Å². The van der Waals surface area contributed by atoms with E-state index in [0.29, 0.717) is 17.4 Å². The summed E-state index contributed by atoms with van der Waals surface area (Å²) in [6.45, 7) is 3.00. The molecule has 0 aliphatic carbocycles. The van der Waals surface area contributed by atoms with Crippen LogP contribution >= 0.6 is 0 Å². The molecule has 7 nitrogen and oxygen atoms in total. The van der Waals surface area contributed by atoms with Crippen molar-refractivity contribution in [2.75, 3.05) is 19.6 Å².